The Morgan fingerprint density at radius 2 is 1.65 bits per heavy atom. The third-order valence-electron chi connectivity index (χ3n) is 6.81. The van der Waals surface area contributed by atoms with Crippen LogP contribution >= 0.6 is 24.8 Å². The van der Waals surface area contributed by atoms with Crippen LogP contribution in [-0.2, 0) is 5.41 Å². The number of hydrogen-bond acceptors (Lipinski definition) is 6. The maximum Gasteiger partial charge on any atom is 0.255 e. The van der Waals surface area contributed by atoms with Crippen molar-refractivity contribution in [3.8, 4) is 5.75 Å². The average Bonchev–Trinajstić information content (AvgIpc) is 2.88. The Hall–Kier alpha value is -2.82. The minimum Gasteiger partial charge on any atom is -0.495 e. The molecule has 9 nitrogen and oxygen atoms in total. The zero-order valence-electron chi connectivity index (χ0n) is 23.8. The first-order chi connectivity index (χ1) is 17.2. The Balaban J connectivity index is 0.00000380. The molecule has 224 valence electrons. The zero-order valence-corrected chi connectivity index (χ0v) is 25.5. The monoisotopic (exact) mass is 599 g/mol. The van der Waals surface area contributed by atoms with Crippen molar-refractivity contribution in [1.29, 1.82) is 0 Å². The van der Waals surface area contributed by atoms with Crippen molar-refractivity contribution in [1.82, 2.24) is 10.2 Å². The standard InChI is InChI=1S/C29H37N3O4.2ClH.2H2O/c1-20-25(33)21-10-8-11-22(26(21)36-27(20)29(2,3)4)28(34)30-14-9-15-31-16-18-32(19-17-31)23-12-6-7-13-24(23)35-5;;;;/h6-8,10-13H,9,14-19H2,1-5H3,(H,30,34);2*1H;2*1H2. The molecule has 1 amide bonds. The van der Waals surface area contributed by atoms with E-state index in [4.69, 9.17) is 9.15 Å². The Kier molecular flexibility index (Phi) is 14.7. The molecule has 1 aliphatic rings. The number of nitrogens with zero attached hydrogens (tertiary/aromatic N) is 2. The van der Waals surface area contributed by atoms with Crippen LogP contribution in [0.25, 0.3) is 11.0 Å². The molecule has 0 aliphatic carbocycles. The molecule has 0 bridgehead atoms. The van der Waals surface area contributed by atoms with Crippen molar-refractivity contribution in [2.45, 2.75) is 39.5 Å². The number of piperazine rings is 1. The number of carbonyl (C=O) groups is 1. The number of hydrogen-bond donors (Lipinski definition) is 1. The molecule has 0 unspecified atom stereocenters. The van der Waals surface area contributed by atoms with Gasteiger partial charge in [-0.2, -0.15) is 0 Å². The summed E-state index contributed by atoms with van der Waals surface area (Å²) in [4.78, 5) is 30.8. The van der Waals surface area contributed by atoms with Crippen molar-refractivity contribution in [2.24, 2.45) is 0 Å². The van der Waals surface area contributed by atoms with Crippen LogP contribution in [0.15, 0.2) is 51.7 Å². The van der Waals surface area contributed by atoms with Gasteiger partial charge in [-0.25, -0.2) is 0 Å². The first-order valence-electron chi connectivity index (χ1n) is 12.7. The topological polar surface area (TPSA) is 138 Å². The molecule has 0 radical (unpaired) electrons. The van der Waals surface area contributed by atoms with E-state index >= 15 is 0 Å². The minimum atomic E-state index is -0.337. The number of benzene rings is 2. The molecule has 0 atom stereocenters. The average molecular weight is 601 g/mol. The van der Waals surface area contributed by atoms with Gasteiger partial charge in [-0.1, -0.05) is 39.0 Å². The molecule has 3 aromatic rings. The van der Waals surface area contributed by atoms with Crippen LogP contribution in [-0.4, -0.2) is 68.1 Å². The predicted octanol–water partition coefficient (Wildman–Crippen LogP) is 3.54. The van der Waals surface area contributed by atoms with Crippen LogP contribution in [0.3, 0.4) is 0 Å². The predicted molar refractivity (Wildman–Crippen MR) is 166 cm³/mol. The quantitative estimate of drug-likeness (QED) is 0.412. The van der Waals surface area contributed by atoms with Gasteiger partial charge in [0, 0.05) is 43.7 Å². The third-order valence-corrected chi connectivity index (χ3v) is 6.81. The molecular weight excluding hydrogens is 557 g/mol. The lowest BCUT2D eigenvalue weighted by Crippen LogP contribution is -2.47. The van der Waals surface area contributed by atoms with Gasteiger partial charge in [-0.3, -0.25) is 14.5 Å². The molecule has 1 saturated heterocycles. The molecule has 1 aliphatic heterocycles. The highest BCUT2D eigenvalue weighted by Crippen LogP contribution is 2.29. The summed E-state index contributed by atoms with van der Waals surface area (Å²) in [5.74, 6) is 1.31. The molecule has 1 fully saturated rings. The van der Waals surface area contributed by atoms with E-state index in [0.29, 0.717) is 34.4 Å². The van der Waals surface area contributed by atoms with Crippen molar-refractivity contribution in [3.63, 3.8) is 0 Å². The number of ether oxygens (including phenoxy) is 1. The van der Waals surface area contributed by atoms with Gasteiger partial charge in [-0.05, 0) is 44.2 Å². The molecule has 0 saturated carbocycles. The summed E-state index contributed by atoms with van der Waals surface area (Å²) in [6.45, 7) is 13.1. The van der Waals surface area contributed by atoms with Gasteiger partial charge in [0.25, 0.3) is 5.91 Å². The molecule has 2 aromatic carbocycles. The fraction of sp³-hybridized carbons (Fsp3) is 0.448. The molecule has 0 spiro atoms. The number of nitrogens with one attached hydrogen (secondary N) is 1. The number of rotatable bonds is 7. The van der Waals surface area contributed by atoms with Crippen LogP contribution in [0.2, 0.25) is 0 Å². The maximum atomic E-state index is 13.0. The maximum absolute atomic E-state index is 13.0. The third kappa shape index (κ3) is 8.11. The highest BCUT2D eigenvalue weighted by atomic mass is 35.5. The fourth-order valence-corrected chi connectivity index (χ4v) is 4.91. The van der Waals surface area contributed by atoms with Gasteiger partial charge in [-0.15, -0.1) is 24.8 Å². The van der Waals surface area contributed by atoms with E-state index in [2.05, 4.69) is 21.2 Å². The van der Waals surface area contributed by atoms with Crippen LogP contribution < -0.4 is 20.4 Å². The summed E-state index contributed by atoms with van der Waals surface area (Å²) < 4.78 is 11.7. The van der Waals surface area contributed by atoms with E-state index in [0.717, 1.165) is 50.6 Å². The second kappa shape index (κ2) is 15.8. The Labute approximate surface area is 248 Å². The summed E-state index contributed by atoms with van der Waals surface area (Å²) in [5.41, 5.74) is 2.08. The molecule has 1 aromatic heterocycles. The van der Waals surface area contributed by atoms with E-state index < -0.39 is 0 Å². The van der Waals surface area contributed by atoms with Gasteiger partial charge >= 0.3 is 0 Å². The summed E-state index contributed by atoms with van der Waals surface area (Å²) in [7, 11) is 1.71. The molecule has 5 N–H and O–H groups in total. The number of amides is 1. The Morgan fingerprint density at radius 3 is 2.27 bits per heavy atom. The first kappa shape index (κ1) is 37.2. The van der Waals surface area contributed by atoms with Crippen LogP contribution in [0.1, 0.15) is 48.9 Å². The van der Waals surface area contributed by atoms with Crippen molar-refractivity contribution >= 4 is 47.4 Å². The normalized spacial score (nSPS) is 13.3. The molecule has 2 heterocycles. The van der Waals surface area contributed by atoms with E-state index in [-0.39, 0.29) is 52.5 Å². The molecule has 40 heavy (non-hydrogen) atoms. The van der Waals surface area contributed by atoms with E-state index in [1.54, 1.807) is 32.2 Å². The lowest BCUT2D eigenvalue weighted by molar-refractivity contribution is 0.0952. The Bertz CT molecular complexity index is 1300. The second-order valence-electron chi connectivity index (χ2n) is 10.4. The van der Waals surface area contributed by atoms with Crippen LogP contribution in [0.4, 0.5) is 5.69 Å². The molecule has 4 rings (SSSR count). The minimum absolute atomic E-state index is 0. The summed E-state index contributed by atoms with van der Waals surface area (Å²) in [6, 6.07) is 13.3. The number of carbonyl (C=O) groups excluding carboxylic acids is 1. The van der Waals surface area contributed by atoms with Gasteiger partial charge in [0.05, 0.1) is 23.7 Å². The largest absolute Gasteiger partial charge is 0.495 e. The number of fused-ring (bicyclic) bond motifs is 1. The Morgan fingerprint density at radius 1 is 1.00 bits per heavy atom. The lowest BCUT2D eigenvalue weighted by atomic mass is 9.89. The summed E-state index contributed by atoms with van der Waals surface area (Å²) in [6.07, 6.45) is 0.849. The van der Waals surface area contributed by atoms with Crippen molar-refractivity contribution in [3.05, 3.63) is 69.6 Å². The van der Waals surface area contributed by atoms with Gasteiger partial charge in [0.2, 0.25) is 0 Å². The van der Waals surface area contributed by atoms with Gasteiger partial charge in [0.15, 0.2) is 11.0 Å². The summed E-state index contributed by atoms with van der Waals surface area (Å²) >= 11 is 0. The molecule has 11 heteroatoms. The zero-order chi connectivity index (χ0) is 25.9. The summed E-state index contributed by atoms with van der Waals surface area (Å²) in [5, 5.41) is 3.46. The van der Waals surface area contributed by atoms with Crippen LogP contribution in [0, 0.1) is 6.92 Å². The number of methoxy groups -OCH3 is 1. The van der Waals surface area contributed by atoms with Crippen molar-refractivity contribution < 1.29 is 24.9 Å². The highest BCUT2D eigenvalue weighted by molar-refractivity contribution is 6.04. The van der Waals surface area contributed by atoms with Crippen molar-refractivity contribution in [2.75, 3.05) is 51.3 Å². The molecular formula is C29H43Cl2N3O6. The highest BCUT2D eigenvalue weighted by Gasteiger charge is 2.25. The second-order valence-corrected chi connectivity index (χ2v) is 10.4. The van der Waals surface area contributed by atoms with Gasteiger partial charge < -0.3 is 30.3 Å². The van der Waals surface area contributed by atoms with Crippen LogP contribution in [0.5, 0.6) is 5.75 Å². The van der Waals surface area contributed by atoms with E-state index in [1.807, 2.05) is 39.0 Å². The number of para-hydroxylation sites is 3. The number of halogens is 2. The smallest absolute Gasteiger partial charge is 0.255 e. The SMILES string of the molecule is COc1ccccc1N1CCN(CCCNC(=O)c2cccc3c(=O)c(C)c(C(C)(C)C)oc23)CC1.Cl.Cl.O.O. The fourth-order valence-electron chi connectivity index (χ4n) is 4.91. The van der Waals surface area contributed by atoms with Gasteiger partial charge in [0.1, 0.15) is 11.5 Å². The lowest BCUT2D eigenvalue weighted by Gasteiger charge is -2.36. The van der Waals surface area contributed by atoms with E-state index in [9.17, 15) is 9.59 Å². The van der Waals surface area contributed by atoms with E-state index in [1.165, 1.54) is 0 Å². The number of anilines is 1. The first-order valence-corrected chi connectivity index (χ1v) is 12.7.